The van der Waals surface area contributed by atoms with Gasteiger partial charge in [0.2, 0.25) is 0 Å². The molecule has 0 heterocycles. The molecule has 0 bridgehead atoms. The van der Waals surface area contributed by atoms with Crippen molar-refractivity contribution < 1.29 is 9.53 Å². The van der Waals surface area contributed by atoms with Crippen molar-refractivity contribution in [2.75, 3.05) is 6.61 Å². The molecule has 1 N–H and O–H groups in total. The van der Waals surface area contributed by atoms with E-state index in [0.29, 0.717) is 6.61 Å². The van der Waals surface area contributed by atoms with Crippen molar-refractivity contribution in [3.8, 4) is 0 Å². The monoisotopic (exact) mass is 233 g/mol. The van der Waals surface area contributed by atoms with Gasteiger partial charge in [0.15, 0.2) is 0 Å². The Bertz CT molecular complexity index is 440. The van der Waals surface area contributed by atoms with Crippen molar-refractivity contribution >= 4 is 6.09 Å². The van der Waals surface area contributed by atoms with E-state index in [2.05, 4.69) is 31.3 Å². The number of nitrogens with one attached hydrogen (secondary N) is 1. The molecule has 1 amide bonds. The van der Waals surface area contributed by atoms with Gasteiger partial charge in [0, 0.05) is 0 Å². The zero-order valence-electron chi connectivity index (χ0n) is 10.7. The van der Waals surface area contributed by atoms with Crippen LogP contribution in [0, 0.1) is 13.8 Å². The van der Waals surface area contributed by atoms with E-state index in [1.54, 1.807) is 0 Å². The van der Waals surface area contributed by atoms with E-state index in [1.165, 1.54) is 22.3 Å². The molecule has 1 aliphatic rings. The summed E-state index contributed by atoms with van der Waals surface area (Å²) < 4.78 is 4.93. The summed E-state index contributed by atoms with van der Waals surface area (Å²) in [5, 5.41) is 2.94. The number of carbonyl (C=O) groups excluding carboxylic acids is 1. The van der Waals surface area contributed by atoms with Gasteiger partial charge in [-0.05, 0) is 50.3 Å². The smallest absolute Gasteiger partial charge is 0.407 e. The summed E-state index contributed by atoms with van der Waals surface area (Å²) in [6.07, 6.45) is 1.69. The van der Waals surface area contributed by atoms with Crippen molar-refractivity contribution in [1.29, 1.82) is 0 Å². The highest BCUT2D eigenvalue weighted by atomic mass is 16.5. The Labute approximate surface area is 102 Å². The van der Waals surface area contributed by atoms with Gasteiger partial charge in [-0.1, -0.05) is 17.7 Å². The van der Waals surface area contributed by atoms with Crippen LogP contribution in [0.5, 0.6) is 0 Å². The standard InChI is InChI=1S/C14H19NO2/c1-4-17-14(16)15-12-6-5-11-8-9(2)7-10(3)13(11)12/h7-8,12H,4-6H2,1-3H3,(H,15,16). The minimum Gasteiger partial charge on any atom is -0.450 e. The molecule has 17 heavy (non-hydrogen) atoms. The maximum Gasteiger partial charge on any atom is 0.407 e. The van der Waals surface area contributed by atoms with E-state index >= 15 is 0 Å². The van der Waals surface area contributed by atoms with Gasteiger partial charge in [-0.25, -0.2) is 4.79 Å². The van der Waals surface area contributed by atoms with Gasteiger partial charge in [0.1, 0.15) is 0 Å². The number of aryl methyl sites for hydroxylation is 3. The molecule has 0 saturated carbocycles. The fourth-order valence-electron chi connectivity index (χ4n) is 2.68. The van der Waals surface area contributed by atoms with Crippen LogP contribution in [0.25, 0.3) is 0 Å². The average Bonchev–Trinajstić information content (AvgIpc) is 2.61. The zero-order chi connectivity index (χ0) is 12.4. The van der Waals surface area contributed by atoms with Crippen LogP contribution in [0.15, 0.2) is 12.1 Å². The number of ether oxygens (including phenoxy) is 1. The Hall–Kier alpha value is -1.51. The highest BCUT2D eigenvalue weighted by molar-refractivity contribution is 5.68. The Morgan fingerprint density at radius 1 is 1.47 bits per heavy atom. The third kappa shape index (κ3) is 2.43. The molecule has 1 aromatic carbocycles. The van der Waals surface area contributed by atoms with Crippen LogP contribution in [-0.4, -0.2) is 12.7 Å². The maximum absolute atomic E-state index is 11.5. The molecule has 92 valence electrons. The molecular weight excluding hydrogens is 214 g/mol. The summed E-state index contributed by atoms with van der Waals surface area (Å²) >= 11 is 0. The molecule has 2 rings (SSSR count). The normalized spacial score (nSPS) is 17.7. The second kappa shape index (κ2) is 4.78. The zero-order valence-corrected chi connectivity index (χ0v) is 10.7. The molecular formula is C14H19NO2. The quantitative estimate of drug-likeness (QED) is 0.852. The van der Waals surface area contributed by atoms with Crippen molar-refractivity contribution in [2.24, 2.45) is 0 Å². The van der Waals surface area contributed by atoms with E-state index < -0.39 is 0 Å². The van der Waals surface area contributed by atoms with Crippen molar-refractivity contribution in [2.45, 2.75) is 39.7 Å². The van der Waals surface area contributed by atoms with Crippen molar-refractivity contribution in [3.05, 3.63) is 34.4 Å². The first-order valence-electron chi connectivity index (χ1n) is 6.15. The molecule has 0 saturated heterocycles. The van der Waals surface area contributed by atoms with Crippen LogP contribution in [0.1, 0.15) is 41.6 Å². The lowest BCUT2D eigenvalue weighted by Crippen LogP contribution is -2.28. The molecule has 0 radical (unpaired) electrons. The van der Waals surface area contributed by atoms with Gasteiger partial charge in [-0.15, -0.1) is 0 Å². The van der Waals surface area contributed by atoms with Crippen LogP contribution >= 0.6 is 0 Å². The Balaban J connectivity index is 2.19. The second-order valence-electron chi connectivity index (χ2n) is 4.61. The van der Waals surface area contributed by atoms with Crippen molar-refractivity contribution in [3.63, 3.8) is 0 Å². The van der Waals surface area contributed by atoms with E-state index in [4.69, 9.17) is 4.74 Å². The summed E-state index contributed by atoms with van der Waals surface area (Å²) in [5.74, 6) is 0. The molecule has 0 spiro atoms. The number of benzene rings is 1. The van der Waals surface area contributed by atoms with E-state index in [0.717, 1.165) is 12.8 Å². The summed E-state index contributed by atoms with van der Waals surface area (Å²) in [5.41, 5.74) is 5.20. The van der Waals surface area contributed by atoms with Gasteiger partial charge in [-0.2, -0.15) is 0 Å². The van der Waals surface area contributed by atoms with Gasteiger partial charge in [0.05, 0.1) is 12.6 Å². The van der Waals surface area contributed by atoms with Crippen LogP contribution in [0.2, 0.25) is 0 Å². The summed E-state index contributed by atoms with van der Waals surface area (Å²) in [7, 11) is 0. The average molecular weight is 233 g/mol. The molecule has 0 aliphatic heterocycles. The van der Waals surface area contributed by atoms with E-state index in [9.17, 15) is 4.79 Å². The topological polar surface area (TPSA) is 38.3 Å². The van der Waals surface area contributed by atoms with Gasteiger partial charge in [0.25, 0.3) is 0 Å². The fourth-order valence-corrected chi connectivity index (χ4v) is 2.68. The minimum absolute atomic E-state index is 0.115. The van der Waals surface area contributed by atoms with Crippen LogP contribution in [-0.2, 0) is 11.2 Å². The first kappa shape index (κ1) is 12.0. The minimum atomic E-state index is -0.315. The first-order chi connectivity index (χ1) is 8.11. The summed E-state index contributed by atoms with van der Waals surface area (Å²) in [6, 6.07) is 4.50. The molecule has 1 unspecified atom stereocenters. The van der Waals surface area contributed by atoms with Crippen LogP contribution < -0.4 is 5.32 Å². The number of hydrogen-bond acceptors (Lipinski definition) is 2. The Kier molecular flexibility index (Phi) is 3.36. The fraction of sp³-hybridized carbons (Fsp3) is 0.500. The largest absolute Gasteiger partial charge is 0.450 e. The van der Waals surface area contributed by atoms with Gasteiger partial charge >= 0.3 is 6.09 Å². The number of carbonyl (C=O) groups is 1. The summed E-state index contributed by atoms with van der Waals surface area (Å²) in [6.45, 7) is 6.45. The predicted molar refractivity (Wildman–Crippen MR) is 67.1 cm³/mol. The predicted octanol–water partition coefficient (Wildman–Crippen LogP) is 3.04. The number of amides is 1. The maximum atomic E-state index is 11.5. The molecule has 1 atom stereocenters. The van der Waals surface area contributed by atoms with E-state index in [-0.39, 0.29) is 12.1 Å². The summed E-state index contributed by atoms with van der Waals surface area (Å²) in [4.78, 5) is 11.5. The molecule has 3 heteroatoms. The van der Waals surface area contributed by atoms with Gasteiger partial charge < -0.3 is 10.1 Å². The number of fused-ring (bicyclic) bond motifs is 1. The van der Waals surface area contributed by atoms with Gasteiger partial charge in [-0.3, -0.25) is 0 Å². The molecule has 3 nitrogen and oxygen atoms in total. The third-order valence-corrected chi connectivity index (χ3v) is 3.24. The highest BCUT2D eigenvalue weighted by Gasteiger charge is 2.26. The lowest BCUT2D eigenvalue weighted by molar-refractivity contribution is 0.148. The second-order valence-corrected chi connectivity index (χ2v) is 4.61. The van der Waals surface area contributed by atoms with Crippen LogP contribution in [0.3, 0.4) is 0 Å². The molecule has 0 aromatic heterocycles. The van der Waals surface area contributed by atoms with E-state index in [1.807, 2.05) is 6.92 Å². The molecule has 0 fully saturated rings. The Morgan fingerprint density at radius 3 is 2.94 bits per heavy atom. The first-order valence-corrected chi connectivity index (χ1v) is 6.15. The van der Waals surface area contributed by atoms with Crippen LogP contribution in [0.4, 0.5) is 4.79 Å². The number of rotatable bonds is 2. The molecule has 1 aromatic rings. The number of alkyl carbamates (subject to hydrolysis) is 1. The number of hydrogen-bond donors (Lipinski definition) is 1. The highest BCUT2D eigenvalue weighted by Crippen LogP contribution is 2.34. The Morgan fingerprint density at radius 2 is 2.24 bits per heavy atom. The lowest BCUT2D eigenvalue weighted by atomic mass is 9.99. The third-order valence-electron chi connectivity index (χ3n) is 3.24. The SMILES string of the molecule is CCOC(=O)NC1CCc2cc(C)cc(C)c21. The molecule has 1 aliphatic carbocycles. The lowest BCUT2D eigenvalue weighted by Gasteiger charge is -2.16. The van der Waals surface area contributed by atoms with Crippen molar-refractivity contribution in [1.82, 2.24) is 5.32 Å².